The van der Waals surface area contributed by atoms with Crippen LogP contribution >= 0.6 is 0 Å². The van der Waals surface area contributed by atoms with Gasteiger partial charge in [0.15, 0.2) is 0 Å². The highest BCUT2D eigenvalue weighted by molar-refractivity contribution is 6.23. The van der Waals surface area contributed by atoms with Crippen molar-refractivity contribution >= 4 is 17.6 Å². The first-order valence-corrected chi connectivity index (χ1v) is 5.93. The van der Waals surface area contributed by atoms with E-state index < -0.39 is 5.54 Å². The molecule has 1 N–H and O–H groups in total. The quantitative estimate of drug-likeness (QED) is 0.758. The van der Waals surface area contributed by atoms with Crippen molar-refractivity contribution < 1.29 is 14.3 Å². The van der Waals surface area contributed by atoms with Crippen LogP contribution in [0.4, 0.5) is 10.5 Å². The van der Waals surface area contributed by atoms with Crippen LogP contribution in [-0.4, -0.2) is 30.7 Å². The molecule has 5 nitrogen and oxygen atoms in total. The monoisotopic (exact) mass is 246 g/mol. The largest absolute Gasteiger partial charge is 0.378 e. The molecule has 2 aliphatic heterocycles. The van der Waals surface area contributed by atoms with Gasteiger partial charge in [0.2, 0.25) is 0 Å². The van der Waals surface area contributed by atoms with Crippen LogP contribution < -0.4 is 10.2 Å². The minimum absolute atomic E-state index is 0.212. The molecule has 2 fully saturated rings. The standard InChI is InChI=1S/C13H14N2O3/c1-9-3-2-4-10(7-9)15-11(16)13(14-12(15)17)5-6-18-8-13/h2-4,7H,5-6,8H2,1H3,(H,14,17). The number of amides is 3. The van der Waals surface area contributed by atoms with Crippen molar-refractivity contribution in [1.29, 1.82) is 0 Å². The lowest BCUT2D eigenvalue weighted by molar-refractivity contribution is -0.122. The topological polar surface area (TPSA) is 58.6 Å². The Morgan fingerprint density at radius 3 is 2.89 bits per heavy atom. The van der Waals surface area contributed by atoms with E-state index in [1.807, 2.05) is 25.1 Å². The zero-order valence-electron chi connectivity index (χ0n) is 10.1. The zero-order chi connectivity index (χ0) is 12.8. The third-order valence-corrected chi connectivity index (χ3v) is 3.44. The second-order valence-corrected chi connectivity index (χ2v) is 4.79. The minimum Gasteiger partial charge on any atom is -0.378 e. The van der Waals surface area contributed by atoms with Crippen molar-refractivity contribution in [1.82, 2.24) is 5.32 Å². The Labute approximate surface area is 105 Å². The van der Waals surface area contributed by atoms with Gasteiger partial charge in [-0.1, -0.05) is 12.1 Å². The maximum absolute atomic E-state index is 12.4. The highest BCUT2D eigenvalue weighted by Gasteiger charge is 2.53. The molecule has 0 radical (unpaired) electrons. The number of anilines is 1. The van der Waals surface area contributed by atoms with E-state index in [2.05, 4.69) is 5.32 Å². The van der Waals surface area contributed by atoms with Gasteiger partial charge >= 0.3 is 6.03 Å². The first kappa shape index (κ1) is 11.2. The van der Waals surface area contributed by atoms with Crippen LogP contribution in [-0.2, 0) is 9.53 Å². The number of rotatable bonds is 1. The van der Waals surface area contributed by atoms with Gasteiger partial charge in [-0.2, -0.15) is 0 Å². The Balaban J connectivity index is 1.98. The van der Waals surface area contributed by atoms with Crippen LogP contribution in [0.2, 0.25) is 0 Å². The highest BCUT2D eigenvalue weighted by Crippen LogP contribution is 2.30. The Bertz CT molecular complexity index is 521. The van der Waals surface area contributed by atoms with E-state index in [4.69, 9.17) is 4.74 Å². The highest BCUT2D eigenvalue weighted by atomic mass is 16.5. The Kier molecular flexibility index (Phi) is 2.38. The van der Waals surface area contributed by atoms with Crippen LogP contribution in [0.5, 0.6) is 0 Å². The maximum atomic E-state index is 12.4. The zero-order valence-corrected chi connectivity index (χ0v) is 10.1. The Morgan fingerprint density at radius 1 is 1.39 bits per heavy atom. The van der Waals surface area contributed by atoms with E-state index >= 15 is 0 Å². The van der Waals surface area contributed by atoms with Gasteiger partial charge in [0.25, 0.3) is 5.91 Å². The molecule has 0 bridgehead atoms. The van der Waals surface area contributed by atoms with E-state index in [0.717, 1.165) is 5.56 Å². The van der Waals surface area contributed by atoms with Crippen LogP contribution in [0.3, 0.4) is 0 Å². The van der Waals surface area contributed by atoms with Gasteiger partial charge in [-0.25, -0.2) is 9.69 Å². The van der Waals surface area contributed by atoms with Gasteiger partial charge in [-0.3, -0.25) is 4.79 Å². The summed E-state index contributed by atoms with van der Waals surface area (Å²) in [5.74, 6) is -0.212. The summed E-state index contributed by atoms with van der Waals surface area (Å²) in [6.07, 6.45) is 0.542. The average molecular weight is 246 g/mol. The average Bonchev–Trinajstić information content (AvgIpc) is 2.87. The molecule has 1 atom stereocenters. The van der Waals surface area contributed by atoms with Gasteiger partial charge in [0, 0.05) is 13.0 Å². The predicted molar refractivity (Wildman–Crippen MR) is 65.4 cm³/mol. The van der Waals surface area contributed by atoms with Crippen molar-refractivity contribution in [3.63, 3.8) is 0 Å². The molecule has 1 unspecified atom stereocenters. The van der Waals surface area contributed by atoms with E-state index in [1.165, 1.54) is 4.90 Å². The molecular weight excluding hydrogens is 232 g/mol. The third kappa shape index (κ3) is 1.51. The van der Waals surface area contributed by atoms with E-state index in [9.17, 15) is 9.59 Å². The minimum atomic E-state index is -0.846. The predicted octanol–water partition coefficient (Wildman–Crippen LogP) is 1.21. The molecule has 2 aliphatic rings. The van der Waals surface area contributed by atoms with Crippen molar-refractivity contribution in [2.24, 2.45) is 0 Å². The van der Waals surface area contributed by atoms with Crippen molar-refractivity contribution in [3.8, 4) is 0 Å². The number of imide groups is 1. The van der Waals surface area contributed by atoms with Gasteiger partial charge in [-0.15, -0.1) is 0 Å². The lowest BCUT2D eigenvalue weighted by atomic mass is 9.99. The molecule has 18 heavy (non-hydrogen) atoms. The van der Waals surface area contributed by atoms with Crippen LogP contribution in [0, 0.1) is 6.92 Å². The summed E-state index contributed by atoms with van der Waals surface area (Å²) in [7, 11) is 0. The fourth-order valence-corrected chi connectivity index (χ4v) is 2.45. The lowest BCUT2D eigenvalue weighted by Crippen LogP contribution is -2.47. The SMILES string of the molecule is Cc1cccc(N2C(=O)NC3(CCOC3)C2=O)c1. The van der Waals surface area contributed by atoms with Crippen LogP contribution in [0.1, 0.15) is 12.0 Å². The summed E-state index contributed by atoms with van der Waals surface area (Å²) in [5.41, 5.74) is 0.777. The first-order chi connectivity index (χ1) is 8.62. The molecule has 5 heteroatoms. The van der Waals surface area contributed by atoms with Crippen molar-refractivity contribution in [3.05, 3.63) is 29.8 Å². The Hall–Kier alpha value is -1.88. The number of benzene rings is 1. The van der Waals surface area contributed by atoms with E-state index in [-0.39, 0.29) is 18.5 Å². The number of aryl methyl sites for hydroxylation is 1. The van der Waals surface area contributed by atoms with Gasteiger partial charge in [-0.05, 0) is 24.6 Å². The van der Waals surface area contributed by atoms with Gasteiger partial charge in [0.05, 0.1) is 12.3 Å². The number of hydrogen-bond acceptors (Lipinski definition) is 3. The second-order valence-electron chi connectivity index (χ2n) is 4.79. The van der Waals surface area contributed by atoms with Gasteiger partial charge < -0.3 is 10.1 Å². The first-order valence-electron chi connectivity index (χ1n) is 5.93. The second kappa shape index (κ2) is 3.81. The number of hydrogen-bond donors (Lipinski definition) is 1. The summed E-state index contributed by atoms with van der Waals surface area (Å²) < 4.78 is 5.25. The van der Waals surface area contributed by atoms with E-state index in [1.54, 1.807) is 6.07 Å². The summed E-state index contributed by atoms with van der Waals surface area (Å²) >= 11 is 0. The van der Waals surface area contributed by atoms with E-state index in [0.29, 0.717) is 18.7 Å². The fourth-order valence-electron chi connectivity index (χ4n) is 2.45. The molecule has 2 saturated heterocycles. The summed E-state index contributed by atoms with van der Waals surface area (Å²) in [6.45, 7) is 2.70. The molecule has 2 heterocycles. The maximum Gasteiger partial charge on any atom is 0.329 e. The molecule has 3 rings (SSSR count). The van der Waals surface area contributed by atoms with Crippen LogP contribution in [0.25, 0.3) is 0 Å². The number of ether oxygens (including phenoxy) is 1. The number of nitrogens with one attached hydrogen (secondary N) is 1. The molecule has 0 saturated carbocycles. The lowest BCUT2D eigenvalue weighted by Gasteiger charge is -2.18. The molecular formula is C13H14N2O3. The number of urea groups is 1. The number of nitrogens with zero attached hydrogens (tertiary/aromatic N) is 1. The summed E-state index contributed by atoms with van der Waals surface area (Å²) in [5, 5.41) is 2.76. The number of carbonyl (C=O) groups excluding carboxylic acids is 2. The smallest absolute Gasteiger partial charge is 0.329 e. The molecule has 1 spiro atoms. The molecule has 1 aromatic rings. The summed E-state index contributed by atoms with van der Waals surface area (Å²) in [4.78, 5) is 25.6. The Morgan fingerprint density at radius 2 is 2.22 bits per heavy atom. The normalized spacial score (nSPS) is 27.1. The van der Waals surface area contributed by atoms with Gasteiger partial charge in [0.1, 0.15) is 5.54 Å². The molecule has 3 amide bonds. The van der Waals surface area contributed by atoms with Crippen molar-refractivity contribution in [2.45, 2.75) is 18.9 Å². The molecule has 0 aromatic heterocycles. The molecule has 94 valence electrons. The van der Waals surface area contributed by atoms with Crippen molar-refractivity contribution in [2.75, 3.05) is 18.1 Å². The number of carbonyl (C=O) groups is 2. The molecule has 0 aliphatic carbocycles. The molecule has 1 aromatic carbocycles. The van der Waals surface area contributed by atoms with Crippen LogP contribution in [0.15, 0.2) is 24.3 Å². The fraction of sp³-hybridized carbons (Fsp3) is 0.385. The summed E-state index contributed by atoms with van der Waals surface area (Å²) in [6, 6.07) is 6.99. The third-order valence-electron chi connectivity index (χ3n) is 3.44.